The Morgan fingerprint density at radius 2 is 2.10 bits per heavy atom. The maximum absolute atomic E-state index is 11.2. The molecule has 0 amide bonds. The molecule has 104 valence electrons. The Bertz CT molecular complexity index is 636. The summed E-state index contributed by atoms with van der Waals surface area (Å²) in [5, 5.41) is 13.5. The smallest absolute Gasteiger partial charge is 0.0944 e. The Morgan fingerprint density at radius 3 is 3.05 bits per heavy atom. The molecule has 3 heteroatoms. The first-order chi connectivity index (χ1) is 9.76. The van der Waals surface area contributed by atoms with Crippen molar-refractivity contribution < 1.29 is 5.11 Å². The Morgan fingerprint density at radius 1 is 1.20 bits per heavy atom. The van der Waals surface area contributed by atoms with Gasteiger partial charge in [-0.3, -0.25) is 4.98 Å². The van der Waals surface area contributed by atoms with Gasteiger partial charge in [-0.05, 0) is 37.6 Å². The summed E-state index contributed by atoms with van der Waals surface area (Å²) >= 11 is 0. The zero-order chi connectivity index (χ0) is 13.6. The first-order valence-electron chi connectivity index (χ1n) is 7.56. The van der Waals surface area contributed by atoms with Gasteiger partial charge in [-0.15, -0.1) is 0 Å². The number of aromatic nitrogens is 1. The van der Waals surface area contributed by atoms with Crippen molar-refractivity contribution in [3.63, 3.8) is 0 Å². The van der Waals surface area contributed by atoms with E-state index in [1.165, 1.54) is 19.4 Å². The average Bonchev–Trinajstić information content (AvgIpc) is 2.93. The summed E-state index contributed by atoms with van der Waals surface area (Å²) in [5.74, 6) is 0. The Labute approximate surface area is 119 Å². The van der Waals surface area contributed by atoms with E-state index in [1.807, 2.05) is 24.5 Å². The van der Waals surface area contributed by atoms with Gasteiger partial charge in [0.1, 0.15) is 0 Å². The maximum atomic E-state index is 11.2. The normalized spacial score (nSPS) is 30.6. The van der Waals surface area contributed by atoms with Crippen LogP contribution in [0.2, 0.25) is 0 Å². The largest absolute Gasteiger partial charge is 0.385 e. The van der Waals surface area contributed by atoms with E-state index in [2.05, 4.69) is 22.0 Å². The molecule has 0 spiro atoms. The highest BCUT2D eigenvalue weighted by Crippen LogP contribution is 2.41. The van der Waals surface area contributed by atoms with Crippen LogP contribution in [-0.2, 0) is 5.60 Å². The molecule has 1 aromatic heterocycles. The van der Waals surface area contributed by atoms with Crippen LogP contribution in [0.4, 0.5) is 0 Å². The summed E-state index contributed by atoms with van der Waals surface area (Å²) in [6.07, 6.45) is 7.91. The second-order valence-corrected chi connectivity index (χ2v) is 6.23. The lowest BCUT2D eigenvalue weighted by Crippen LogP contribution is -2.46. The Hall–Kier alpha value is -1.45. The maximum Gasteiger partial charge on any atom is 0.0944 e. The minimum atomic E-state index is -0.709. The van der Waals surface area contributed by atoms with Crippen molar-refractivity contribution in [1.29, 1.82) is 0 Å². The van der Waals surface area contributed by atoms with Crippen LogP contribution in [-0.4, -0.2) is 34.1 Å². The van der Waals surface area contributed by atoms with Crippen LogP contribution in [0.1, 0.15) is 31.2 Å². The molecule has 0 aliphatic carbocycles. The van der Waals surface area contributed by atoms with E-state index in [0.717, 1.165) is 35.7 Å². The third-order valence-corrected chi connectivity index (χ3v) is 5.05. The fraction of sp³-hybridized carbons (Fsp3) is 0.471. The number of piperidine rings is 1. The van der Waals surface area contributed by atoms with Crippen molar-refractivity contribution in [2.45, 2.75) is 37.3 Å². The van der Waals surface area contributed by atoms with E-state index < -0.39 is 5.60 Å². The zero-order valence-corrected chi connectivity index (χ0v) is 11.6. The number of hydrogen-bond acceptors (Lipinski definition) is 3. The molecule has 2 aliphatic heterocycles. The fourth-order valence-electron chi connectivity index (χ4n) is 3.97. The molecular formula is C17H20N2O. The van der Waals surface area contributed by atoms with E-state index in [-0.39, 0.29) is 0 Å². The molecule has 1 N–H and O–H groups in total. The first kappa shape index (κ1) is 12.3. The summed E-state index contributed by atoms with van der Waals surface area (Å²) in [6.45, 7) is 2.21. The van der Waals surface area contributed by atoms with E-state index in [0.29, 0.717) is 6.04 Å². The lowest BCUT2D eigenvalue weighted by molar-refractivity contribution is -0.0399. The predicted molar refractivity (Wildman–Crippen MR) is 79.5 cm³/mol. The van der Waals surface area contributed by atoms with Crippen LogP contribution in [0, 0.1) is 0 Å². The first-order valence-corrected chi connectivity index (χ1v) is 7.56. The summed E-state index contributed by atoms with van der Waals surface area (Å²) in [4.78, 5) is 6.88. The monoisotopic (exact) mass is 268 g/mol. The molecule has 0 saturated carbocycles. The Kier molecular flexibility index (Phi) is 2.79. The van der Waals surface area contributed by atoms with Gasteiger partial charge in [-0.1, -0.05) is 24.3 Å². The van der Waals surface area contributed by atoms with Crippen molar-refractivity contribution in [2.24, 2.45) is 0 Å². The minimum absolute atomic E-state index is 0.549. The van der Waals surface area contributed by atoms with Gasteiger partial charge in [-0.25, -0.2) is 0 Å². The summed E-state index contributed by atoms with van der Waals surface area (Å²) in [7, 11) is 0. The molecule has 3 heterocycles. The molecule has 1 aromatic carbocycles. The number of rotatable bonds is 1. The third kappa shape index (κ3) is 1.85. The average molecular weight is 268 g/mol. The van der Waals surface area contributed by atoms with Gasteiger partial charge in [0.05, 0.1) is 5.60 Å². The molecule has 20 heavy (non-hydrogen) atoms. The highest BCUT2D eigenvalue weighted by atomic mass is 16.3. The van der Waals surface area contributed by atoms with E-state index >= 15 is 0 Å². The van der Waals surface area contributed by atoms with Crippen molar-refractivity contribution in [3.05, 3.63) is 42.2 Å². The molecule has 3 nitrogen and oxygen atoms in total. The molecule has 2 saturated heterocycles. The predicted octanol–water partition coefficient (Wildman–Crippen LogP) is 2.68. The molecule has 2 aliphatic rings. The van der Waals surface area contributed by atoms with Crippen molar-refractivity contribution in [2.75, 3.05) is 13.1 Å². The van der Waals surface area contributed by atoms with Gasteiger partial charge < -0.3 is 10.0 Å². The van der Waals surface area contributed by atoms with Gasteiger partial charge in [0.25, 0.3) is 0 Å². The molecule has 4 rings (SSSR count). The second kappa shape index (κ2) is 4.54. The van der Waals surface area contributed by atoms with Gasteiger partial charge in [-0.2, -0.15) is 0 Å². The third-order valence-electron chi connectivity index (χ3n) is 5.05. The topological polar surface area (TPSA) is 36.4 Å². The second-order valence-electron chi connectivity index (χ2n) is 6.23. The van der Waals surface area contributed by atoms with E-state index in [4.69, 9.17) is 0 Å². The molecule has 0 bridgehead atoms. The molecule has 2 aromatic rings. The van der Waals surface area contributed by atoms with E-state index in [9.17, 15) is 5.11 Å². The summed E-state index contributed by atoms with van der Waals surface area (Å²) in [5.41, 5.74) is 0.307. The Balaban J connectivity index is 1.78. The lowest BCUT2D eigenvalue weighted by Gasteiger charge is -2.41. The van der Waals surface area contributed by atoms with Gasteiger partial charge in [0, 0.05) is 35.9 Å². The van der Waals surface area contributed by atoms with Crippen LogP contribution in [0.15, 0.2) is 36.7 Å². The minimum Gasteiger partial charge on any atom is -0.385 e. The van der Waals surface area contributed by atoms with Gasteiger partial charge in [0.15, 0.2) is 0 Å². The number of benzene rings is 1. The highest BCUT2D eigenvalue weighted by molar-refractivity contribution is 5.85. The molecular weight excluding hydrogens is 248 g/mol. The number of pyridine rings is 1. The lowest BCUT2D eigenvalue weighted by atomic mass is 9.80. The highest BCUT2D eigenvalue weighted by Gasteiger charge is 2.42. The van der Waals surface area contributed by atoms with Crippen LogP contribution in [0.25, 0.3) is 10.8 Å². The molecule has 0 radical (unpaired) electrons. The molecule has 2 unspecified atom stereocenters. The SMILES string of the molecule is OC1(c2cncc3ccccc23)CCN2CCCC2C1. The van der Waals surface area contributed by atoms with Crippen LogP contribution < -0.4 is 0 Å². The zero-order valence-electron chi connectivity index (χ0n) is 11.6. The van der Waals surface area contributed by atoms with Gasteiger partial charge >= 0.3 is 0 Å². The number of hydrogen-bond donors (Lipinski definition) is 1. The summed E-state index contributed by atoms with van der Waals surface area (Å²) in [6, 6.07) is 8.79. The number of nitrogens with zero attached hydrogens (tertiary/aromatic N) is 2. The van der Waals surface area contributed by atoms with Gasteiger partial charge in [0.2, 0.25) is 0 Å². The standard InChI is InChI=1S/C17H20N2O/c20-17(7-9-19-8-3-5-14(19)10-17)16-12-18-11-13-4-1-2-6-15(13)16/h1-2,4,6,11-12,14,20H,3,5,7-10H2. The van der Waals surface area contributed by atoms with E-state index in [1.54, 1.807) is 0 Å². The number of fused-ring (bicyclic) bond motifs is 2. The molecule has 2 fully saturated rings. The van der Waals surface area contributed by atoms with Crippen LogP contribution in [0.5, 0.6) is 0 Å². The van der Waals surface area contributed by atoms with Crippen molar-refractivity contribution >= 4 is 10.8 Å². The molecule has 2 atom stereocenters. The van der Waals surface area contributed by atoms with Crippen molar-refractivity contribution in [1.82, 2.24) is 9.88 Å². The summed E-state index contributed by atoms with van der Waals surface area (Å²) < 4.78 is 0. The van der Waals surface area contributed by atoms with Crippen LogP contribution >= 0.6 is 0 Å². The fourth-order valence-corrected chi connectivity index (χ4v) is 3.97. The quantitative estimate of drug-likeness (QED) is 0.864. The van der Waals surface area contributed by atoms with Crippen molar-refractivity contribution in [3.8, 4) is 0 Å². The van der Waals surface area contributed by atoms with Crippen LogP contribution in [0.3, 0.4) is 0 Å². The number of aliphatic hydroxyl groups is 1.